The molecular formula is C14H27ClN4O3. The van der Waals surface area contributed by atoms with Crippen molar-refractivity contribution in [1.82, 2.24) is 15.5 Å². The van der Waals surface area contributed by atoms with Crippen molar-refractivity contribution >= 4 is 30.1 Å². The number of rotatable bonds is 7. The van der Waals surface area contributed by atoms with Gasteiger partial charge in [0.25, 0.3) is 0 Å². The van der Waals surface area contributed by atoms with Gasteiger partial charge in [-0.1, -0.05) is 6.92 Å². The van der Waals surface area contributed by atoms with Crippen molar-refractivity contribution in [2.24, 2.45) is 11.7 Å². The van der Waals surface area contributed by atoms with E-state index in [2.05, 4.69) is 10.6 Å². The highest BCUT2D eigenvalue weighted by molar-refractivity contribution is 5.86. The van der Waals surface area contributed by atoms with Gasteiger partial charge in [-0.2, -0.15) is 0 Å². The highest BCUT2D eigenvalue weighted by Crippen LogP contribution is 2.16. The molecule has 8 heteroatoms. The van der Waals surface area contributed by atoms with E-state index in [-0.39, 0.29) is 42.6 Å². The topological polar surface area (TPSA) is 105 Å². The van der Waals surface area contributed by atoms with Gasteiger partial charge in [-0.15, -0.1) is 12.4 Å². The molecule has 3 amide bonds. The molecule has 128 valence electrons. The molecule has 7 nitrogen and oxygen atoms in total. The number of hydrogen-bond acceptors (Lipinski definition) is 4. The molecule has 0 spiro atoms. The second-order valence-electron chi connectivity index (χ2n) is 5.29. The molecule has 0 saturated carbocycles. The van der Waals surface area contributed by atoms with Crippen molar-refractivity contribution in [2.45, 2.75) is 32.6 Å². The molecule has 1 unspecified atom stereocenters. The Hall–Kier alpha value is -1.34. The highest BCUT2D eigenvalue weighted by atomic mass is 35.5. The highest BCUT2D eigenvalue weighted by Gasteiger charge is 2.28. The first-order valence-electron chi connectivity index (χ1n) is 7.60. The van der Waals surface area contributed by atoms with E-state index in [9.17, 15) is 14.4 Å². The van der Waals surface area contributed by atoms with Crippen molar-refractivity contribution in [1.29, 1.82) is 0 Å². The van der Waals surface area contributed by atoms with E-state index in [1.165, 1.54) is 0 Å². The summed E-state index contributed by atoms with van der Waals surface area (Å²) in [5, 5.41) is 5.37. The molecule has 1 saturated heterocycles. The van der Waals surface area contributed by atoms with Crippen molar-refractivity contribution < 1.29 is 14.4 Å². The Morgan fingerprint density at radius 3 is 2.64 bits per heavy atom. The van der Waals surface area contributed by atoms with Crippen molar-refractivity contribution in [3.63, 3.8) is 0 Å². The van der Waals surface area contributed by atoms with Crippen LogP contribution in [-0.2, 0) is 14.4 Å². The molecule has 22 heavy (non-hydrogen) atoms. The summed E-state index contributed by atoms with van der Waals surface area (Å²) in [5.41, 5.74) is 5.35. The molecule has 0 aliphatic carbocycles. The van der Waals surface area contributed by atoms with Gasteiger partial charge in [0.2, 0.25) is 17.7 Å². The molecule has 0 aromatic heterocycles. The largest absolute Gasteiger partial charge is 0.355 e. The molecule has 0 aromatic rings. The van der Waals surface area contributed by atoms with Crippen molar-refractivity contribution in [2.75, 3.05) is 32.7 Å². The summed E-state index contributed by atoms with van der Waals surface area (Å²) in [6.07, 6.45) is 2.77. The van der Waals surface area contributed by atoms with Crippen LogP contribution in [0.5, 0.6) is 0 Å². The number of piperidine rings is 1. The monoisotopic (exact) mass is 334 g/mol. The van der Waals surface area contributed by atoms with E-state index >= 15 is 0 Å². The number of carbonyl (C=O) groups excluding carboxylic acids is 3. The lowest BCUT2D eigenvalue weighted by Crippen LogP contribution is -2.48. The third-order valence-electron chi connectivity index (χ3n) is 3.50. The summed E-state index contributed by atoms with van der Waals surface area (Å²) >= 11 is 0. The molecule has 0 bridgehead atoms. The molecule has 1 atom stereocenters. The summed E-state index contributed by atoms with van der Waals surface area (Å²) in [4.78, 5) is 37.0. The van der Waals surface area contributed by atoms with Gasteiger partial charge in [-0.25, -0.2) is 0 Å². The SMILES string of the molecule is CCCC(=O)NCC(=O)N1CCCC(C(=O)NCCN)C1.Cl. The number of hydrogen-bond donors (Lipinski definition) is 3. The third-order valence-corrected chi connectivity index (χ3v) is 3.50. The van der Waals surface area contributed by atoms with Gasteiger partial charge in [-0.3, -0.25) is 14.4 Å². The standard InChI is InChI=1S/C14H26N4O3.ClH/c1-2-4-12(19)17-9-13(20)18-8-3-5-11(10-18)14(21)16-7-6-15;/h11H,2-10,15H2,1H3,(H,16,21)(H,17,19);1H. The van der Waals surface area contributed by atoms with Gasteiger partial charge in [0.15, 0.2) is 0 Å². The molecule has 1 heterocycles. The van der Waals surface area contributed by atoms with E-state index in [1.807, 2.05) is 6.92 Å². The molecule has 1 aliphatic rings. The Bertz CT molecular complexity index is 379. The molecule has 0 radical (unpaired) electrons. The number of nitrogens with two attached hydrogens (primary N) is 1. The fraction of sp³-hybridized carbons (Fsp3) is 0.786. The Morgan fingerprint density at radius 2 is 2.00 bits per heavy atom. The average molecular weight is 335 g/mol. The van der Waals surface area contributed by atoms with Crippen LogP contribution < -0.4 is 16.4 Å². The number of likely N-dealkylation sites (tertiary alicyclic amines) is 1. The minimum absolute atomic E-state index is 0. The second kappa shape index (κ2) is 11.3. The van der Waals surface area contributed by atoms with Gasteiger partial charge in [0.05, 0.1) is 12.5 Å². The fourth-order valence-corrected chi connectivity index (χ4v) is 2.36. The average Bonchev–Trinajstić information content (AvgIpc) is 2.50. The Kier molecular flexibility index (Phi) is 10.6. The number of nitrogens with zero attached hydrogens (tertiary/aromatic N) is 1. The van der Waals surface area contributed by atoms with Crippen LogP contribution in [0.15, 0.2) is 0 Å². The maximum atomic E-state index is 12.0. The summed E-state index contributed by atoms with van der Waals surface area (Å²) in [6, 6.07) is 0. The van der Waals surface area contributed by atoms with Crippen LogP contribution in [-0.4, -0.2) is 55.3 Å². The number of carbonyl (C=O) groups is 3. The lowest BCUT2D eigenvalue weighted by Gasteiger charge is -2.32. The summed E-state index contributed by atoms with van der Waals surface area (Å²) in [7, 11) is 0. The van der Waals surface area contributed by atoms with Gasteiger partial charge in [0.1, 0.15) is 0 Å². The zero-order chi connectivity index (χ0) is 15.7. The molecule has 1 rings (SSSR count). The van der Waals surface area contributed by atoms with Crippen molar-refractivity contribution in [3.05, 3.63) is 0 Å². The molecule has 4 N–H and O–H groups in total. The normalized spacial score (nSPS) is 17.4. The third kappa shape index (κ3) is 7.09. The first-order chi connectivity index (χ1) is 10.1. The first-order valence-corrected chi connectivity index (χ1v) is 7.60. The van der Waals surface area contributed by atoms with E-state index in [1.54, 1.807) is 4.90 Å². The lowest BCUT2D eigenvalue weighted by molar-refractivity contribution is -0.136. The molecule has 1 aliphatic heterocycles. The quantitative estimate of drug-likeness (QED) is 0.591. The van der Waals surface area contributed by atoms with Crippen LogP contribution in [0.4, 0.5) is 0 Å². The Balaban J connectivity index is 0.00000441. The molecular weight excluding hydrogens is 308 g/mol. The maximum absolute atomic E-state index is 12.0. The predicted octanol–water partition coefficient (Wildman–Crippen LogP) is -0.362. The molecule has 0 aromatic carbocycles. The van der Waals surface area contributed by atoms with E-state index in [0.717, 1.165) is 19.3 Å². The zero-order valence-corrected chi connectivity index (χ0v) is 13.9. The lowest BCUT2D eigenvalue weighted by atomic mass is 9.97. The van der Waals surface area contributed by atoms with E-state index in [0.29, 0.717) is 32.6 Å². The van der Waals surface area contributed by atoms with Crippen LogP contribution >= 0.6 is 12.4 Å². The zero-order valence-electron chi connectivity index (χ0n) is 13.1. The summed E-state index contributed by atoms with van der Waals surface area (Å²) in [6.45, 7) is 3.84. The number of halogens is 1. The first kappa shape index (κ1) is 20.7. The van der Waals surface area contributed by atoms with Crippen molar-refractivity contribution in [3.8, 4) is 0 Å². The second-order valence-corrected chi connectivity index (χ2v) is 5.29. The molecule has 1 fully saturated rings. The van der Waals surface area contributed by atoms with Gasteiger partial charge in [-0.05, 0) is 19.3 Å². The number of nitrogens with one attached hydrogen (secondary N) is 2. The summed E-state index contributed by atoms with van der Waals surface area (Å²) < 4.78 is 0. The summed E-state index contributed by atoms with van der Waals surface area (Å²) in [5.74, 6) is -0.468. The van der Waals surface area contributed by atoms with Crippen LogP contribution in [0.1, 0.15) is 32.6 Å². The van der Waals surface area contributed by atoms with Gasteiger partial charge < -0.3 is 21.3 Å². The van der Waals surface area contributed by atoms with Gasteiger partial charge in [0, 0.05) is 32.6 Å². The van der Waals surface area contributed by atoms with Crippen LogP contribution in [0.3, 0.4) is 0 Å². The minimum atomic E-state index is -0.180. The number of amides is 3. The van der Waals surface area contributed by atoms with Gasteiger partial charge >= 0.3 is 0 Å². The van der Waals surface area contributed by atoms with Crippen LogP contribution in [0.2, 0.25) is 0 Å². The fourth-order valence-electron chi connectivity index (χ4n) is 2.36. The van der Waals surface area contributed by atoms with Crippen LogP contribution in [0.25, 0.3) is 0 Å². The van der Waals surface area contributed by atoms with E-state index < -0.39 is 0 Å². The van der Waals surface area contributed by atoms with E-state index in [4.69, 9.17) is 5.73 Å². The minimum Gasteiger partial charge on any atom is -0.355 e. The predicted molar refractivity (Wildman–Crippen MR) is 86.5 cm³/mol. The Labute approximate surface area is 137 Å². The Morgan fingerprint density at radius 1 is 1.27 bits per heavy atom. The maximum Gasteiger partial charge on any atom is 0.241 e. The smallest absolute Gasteiger partial charge is 0.241 e. The van der Waals surface area contributed by atoms with Crippen LogP contribution in [0, 0.1) is 5.92 Å².